The first kappa shape index (κ1) is 23.9. The zero-order valence-electron chi connectivity index (χ0n) is 20.8. The van der Waals surface area contributed by atoms with Gasteiger partial charge in [-0.2, -0.15) is 0 Å². The molecule has 2 aliphatic heterocycles. The van der Waals surface area contributed by atoms with E-state index in [-0.39, 0.29) is 29.0 Å². The van der Waals surface area contributed by atoms with Crippen LogP contribution in [0.4, 0.5) is 17.2 Å². The van der Waals surface area contributed by atoms with Crippen LogP contribution < -0.4 is 10.1 Å². The van der Waals surface area contributed by atoms with E-state index in [1.807, 2.05) is 6.92 Å². The molecule has 1 spiro atoms. The lowest BCUT2D eigenvalue weighted by Crippen LogP contribution is -2.56. The lowest BCUT2D eigenvalue weighted by Gasteiger charge is -2.46. The van der Waals surface area contributed by atoms with E-state index >= 15 is 0 Å². The van der Waals surface area contributed by atoms with E-state index in [1.165, 1.54) is 6.33 Å². The summed E-state index contributed by atoms with van der Waals surface area (Å²) in [4.78, 5) is 27.7. The van der Waals surface area contributed by atoms with E-state index in [2.05, 4.69) is 45.8 Å². The Balaban J connectivity index is 1.35. The summed E-state index contributed by atoms with van der Waals surface area (Å²) >= 11 is 6.36. The lowest BCUT2D eigenvalue weighted by atomic mass is 9.82. The average molecular weight is 494 g/mol. The summed E-state index contributed by atoms with van der Waals surface area (Å²) in [6.07, 6.45) is 7.28. The molecule has 3 aliphatic rings. The van der Waals surface area contributed by atoms with Gasteiger partial charge in [0, 0.05) is 30.3 Å². The van der Waals surface area contributed by atoms with E-state index in [4.69, 9.17) is 22.9 Å². The maximum atomic E-state index is 13.2. The van der Waals surface area contributed by atoms with Gasteiger partial charge in [-0.05, 0) is 50.2 Å². The van der Waals surface area contributed by atoms with Crippen LogP contribution in [-0.2, 0) is 4.79 Å². The summed E-state index contributed by atoms with van der Waals surface area (Å²) in [5, 5.41) is 3.72. The van der Waals surface area contributed by atoms with Crippen LogP contribution >= 0.6 is 11.6 Å². The van der Waals surface area contributed by atoms with E-state index in [9.17, 15) is 4.79 Å². The molecule has 3 heterocycles. The fourth-order valence-electron chi connectivity index (χ4n) is 5.88. The molecule has 8 heteroatoms. The SMILES string of the molecule is [C-]#[N+]c1ccc(Nc2ncnc(OC3CC4CCC(N4C(=O)CC(C)(C)C)C34CC4)c2C)c(Cl)c1. The van der Waals surface area contributed by atoms with Crippen LogP contribution in [0.15, 0.2) is 24.5 Å². The zero-order valence-corrected chi connectivity index (χ0v) is 21.5. The van der Waals surface area contributed by atoms with Crippen molar-refractivity contribution in [3.05, 3.63) is 46.5 Å². The van der Waals surface area contributed by atoms with Gasteiger partial charge in [-0.3, -0.25) is 4.79 Å². The summed E-state index contributed by atoms with van der Waals surface area (Å²) in [5.41, 5.74) is 1.99. The normalized spacial score (nSPS) is 24.2. The molecule has 1 aromatic carbocycles. The number of carbonyl (C=O) groups excluding carboxylic acids is 1. The molecule has 1 N–H and O–H groups in total. The molecule has 1 aromatic heterocycles. The minimum atomic E-state index is -0.0126. The number of ether oxygens (including phenoxy) is 1. The minimum absolute atomic E-state index is 0.0126. The minimum Gasteiger partial charge on any atom is -0.473 e. The van der Waals surface area contributed by atoms with Gasteiger partial charge in [0.15, 0.2) is 5.69 Å². The van der Waals surface area contributed by atoms with Crippen molar-refractivity contribution in [2.45, 2.75) is 84.4 Å². The second-order valence-electron chi connectivity index (χ2n) is 11.4. The molecule has 1 amide bonds. The van der Waals surface area contributed by atoms with Crippen molar-refractivity contribution in [2.75, 3.05) is 5.32 Å². The lowest BCUT2D eigenvalue weighted by molar-refractivity contribution is -0.143. The van der Waals surface area contributed by atoms with Crippen molar-refractivity contribution >= 4 is 34.7 Å². The fourth-order valence-corrected chi connectivity index (χ4v) is 6.10. The standard InChI is InChI=1S/C27H32ClN5O2/c1-16-24(32-20-8-6-17(29-5)12-19(20)28)30-15-31-25(16)35-22-13-18-7-9-21(27(22)10-11-27)33(18)23(34)14-26(2,3)4/h6,8,12,15,18,21-22H,7,9-11,13-14H2,1-4H3,(H,30,31,32). The number of rotatable bonds is 5. The smallest absolute Gasteiger partial charge is 0.223 e. The Morgan fingerprint density at radius 1 is 1.31 bits per heavy atom. The second-order valence-corrected chi connectivity index (χ2v) is 11.8. The highest BCUT2D eigenvalue weighted by atomic mass is 35.5. The summed E-state index contributed by atoms with van der Waals surface area (Å²) in [5.74, 6) is 1.49. The monoisotopic (exact) mass is 493 g/mol. The summed E-state index contributed by atoms with van der Waals surface area (Å²) < 4.78 is 6.62. The van der Waals surface area contributed by atoms with Crippen LogP contribution in [0.5, 0.6) is 5.88 Å². The van der Waals surface area contributed by atoms with Crippen LogP contribution in [0.25, 0.3) is 4.85 Å². The quantitative estimate of drug-likeness (QED) is 0.484. The van der Waals surface area contributed by atoms with Crippen molar-refractivity contribution in [1.29, 1.82) is 0 Å². The highest BCUT2D eigenvalue weighted by Gasteiger charge is 2.65. The van der Waals surface area contributed by atoms with Crippen LogP contribution in [0.1, 0.15) is 64.9 Å². The van der Waals surface area contributed by atoms with Crippen LogP contribution in [0.2, 0.25) is 5.02 Å². The number of fused-ring (bicyclic) bond motifs is 3. The summed E-state index contributed by atoms with van der Waals surface area (Å²) in [7, 11) is 0. The topological polar surface area (TPSA) is 71.7 Å². The predicted molar refractivity (Wildman–Crippen MR) is 136 cm³/mol. The van der Waals surface area contributed by atoms with Gasteiger partial charge < -0.3 is 15.0 Å². The molecule has 1 saturated carbocycles. The van der Waals surface area contributed by atoms with E-state index < -0.39 is 0 Å². The average Bonchev–Trinajstić information content (AvgIpc) is 3.50. The molecule has 184 valence electrons. The van der Waals surface area contributed by atoms with E-state index in [1.54, 1.807) is 18.2 Å². The molecule has 35 heavy (non-hydrogen) atoms. The maximum absolute atomic E-state index is 13.2. The maximum Gasteiger partial charge on any atom is 0.223 e. The van der Waals surface area contributed by atoms with Crippen LogP contribution in [0, 0.1) is 24.3 Å². The van der Waals surface area contributed by atoms with E-state index in [0.717, 1.165) is 37.7 Å². The van der Waals surface area contributed by atoms with Gasteiger partial charge in [-0.15, -0.1) is 0 Å². The number of piperidine rings is 1. The number of nitrogens with one attached hydrogen (secondary N) is 1. The van der Waals surface area contributed by atoms with Crippen molar-refractivity contribution in [1.82, 2.24) is 14.9 Å². The Hall–Kier alpha value is -2.85. The second kappa shape index (κ2) is 8.67. The van der Waals surface area contributed by atoms with Crippen molar-refractivity contribution in [3.8, 4) is 5.88 Å². The molecule has 1 aliphatic carbocycles. The predicted octanol–water partition coefficient (Wildman–Crippen LogP) is 6.46. The summed E-state index contributed by atoms with van der Waals surface area (Å²) in [6, 6.07) is 5.63. The molecule has 3 unspecified atom stereocenters. The van der Waals surface area contributed by atoms with Gasteiger partial charge in [0.25, 0.3) is 0 Å². The third-order valence-electron chi connectivity index (χ3n) is 7.72. The van der Waals surface area contributed by atoms with Gasteiger partial charge in [0.05, 0.1) is 22.8 Å². The molecule has 2 saturated heterocycles. The van der Waals surface area contributed by atoms with Gasteiger partial charge in [0.1, 0.15) is 18.2 Å². The van der Waals surface area contributed by atoms with Gasteiger partial charge in [-0.1, -0.05) is 38.4 Å². The van der Waals surface area contributed by atoms with E-state index in [0.29, 0.717) is 40.4 Å². The summed E-state index contributed by atoms with van der Waals surface area (Å²) in [6.45, 7) is 15.5. The molecular formula is C27H32ClN5O2. The van der Waals surface area contributed by atoms with Gasteiger partial charge >= 0.3 is 0 Å². The first-order valence-corrected chi connectivity index (χ1v) is 12.7. The number of benzene rings is 1. The number of hydrogen-bond acceptors (Lipinski definition) is 5. The van der Waals surface area contributed by atoms with Crippen molar-refractivity contribution in [2.24, 2.45) is 10.8 Å². The molecule has 5 rings (SSSR count). The van der Waals surface area contributed by atoms with Crippen LogP contribution in [0.3, 0.4) is 0 Å². The molecule has 2 bridgehead atoms. The number of halogens is 1. The molecular weight excluding hydrogens is 462 g/mol. The van der Waals surface area contributed by atoms with Gasteiger partial charge in [0.2, 0.25) is 11.8 Å². The molecule has 3 atom stereocenters. The number of hydrogen-bond donors (Lipinski definition) is 1. The third kappa shape index (κ3) is 4.45. The van der Waals surface area contributed by atoms with Crippen LogP contribution in [-0.4, -0.2) is 39.0 Å². The van der Waals surface area contributed by atoms with Gasteiger partial charge in [-0.25, -0.2) is 14.8 Å². The molecule has 7 nitrogen and oxygen atoms in total. The van der Waals surface area contributed by atoms with Crippen molar-refractivity contribution in [3.63, 3.8) is 0 Å². The Morgan fingerprint density at radius 3 is 2.74 bits per heavy atom. The number of anilines is 2. The Labute approximate surface area is 212 Å². The van der Waals surface area contributed by atoms with Crippen molar-refractivity contribution < 1.29 is 9.53 Å². The third-order valence-corrected chi connectivity index (χ3v) is 8.03. The first-order chi connectivity index (χ1) is 16.6. The number of aromatic nitrogens is 2. The largest absolute Gasteiger partial charge is 0.473 e. The number of carbonyl (C=O) groups is 1. The number of nitrogens with zero attached hydrogens (tertiary/aromatic N) is 4. The highest BCUT2D eigenvalue weighted by molar-refractivity contribution is 6.33. The number of amides is 1. The Morgan fingerprint density at radius 2 is 2.09 bits per heavy atom. The fraction of sp³-hybridized carbons (Fsp3) is 0.556. The molecule has 0 radical (unpaired) electrons. The Kier molecular flexibility index (Phi) is 5.91. The zero-order chi connectivity index (χ0) is 25.0. The first-order valence-electron chi connectivity index (χ1n) is 12.3. The molecule has 2 aromatic rings. The molecule has 3 fully saturated rings. The Bertz CT molecular complexity index is 1200. The highest BCUT2D eigenvalue weighted by Crippen LogP contribution is 2.62.